The quantitative estimate of drug-likeness (QED) is 0.748. The maximum atomic E-state index is 12.8. The summed E-state index contributed by atoms with van der Waals surface area (Å²) in [6.07, 6.45) is 6.71. The Hall–Kier alpha value is -0.700. The molecule has 1 N–H and O–H groups in total. The van der Waals surface area contributed by atoms with Gasteiger partial charge in [-0.3, -0.25) is 9.59 Å². The molecule has 0 aromatic rings. The summed E-state index contributed by atoms with van der Waals surface area (Å²) in [5, 5.41) is 10.4. The summed E-state index contributed by atoms with van der Waals surface area (Å²) < 4.78 is 0. The van der Waals surface area contributed by atoms with Crippen molar-refractivity contribution in [3.05, 3.63) is 0 Å². The van der Waals surface area contributed by atoms with Crippen LogP contribution in [0.5, 0.6) is 0 Å². The highest BCUT2D eigenvalue weighted by Gasteiger charge is 2.62. The molecule has 0 amide bonds. The second-order valence-corrected chi connectivity index (χ2v) is 8.99. The molecule has 122 valence electrons. The largest absolute Gasteiger partial charge is 0.393 e. The SMILES string of the molecule is C[C@]12CCC(=O)C[C@@H]1C(=O)C[C@@H]1[C@H]2CC[C@]2(C)[C@@H](O)CC[C@@H]12. The maximum Gasteiger partial charge on any atom is 0.137 e. The van der Waals surface area contributed by atoms with Crippen molar-refractivity contribution < 1.29 is 14.7 Å². The number of hydrogen-bond donors (Lipinski definition) is 1. The third-order valence-electron chi connectivity index (χ3n) is 8.23. The standard InChI is InChI=1S/C19H28O3/c1-18-7-5-11(20)9-15(18)16(21)10-12-13-3-4-17(22)19(13,2)8-6-14(12)18/h12-15,17,22H,3-10H2,1-2H3/t12-,13-,14+,15+,17-,18+,19-/m0/s1. The zero-order chi connectivity index (χ0) is 15.7. The van der Waals surface area contributed by atoms with E-state index >= 15 is 0 Å². The Kier molecular flexibility index (Phi) is 3.15. The van der Waals surface area contributed by atoms with Gasteiger partial charge in [-0.1, -0.05) is 13.8 Å². The molecule has 4 aliphatic rings. The fourth-order valence-corrected chi connectivity index (χ4v) is 6.81. The van der Waals surface area contributed by atoms with Gasteiger partial charge in [-0.25, -0.2) is 0 Å². The first-order chi connectivity index (χ1) is 10.4. The van der Waals surface area contributed by atoms with Gasteiger partial charge in [-0.15, -0.1) is 0 Å². The van der Waals surface area contributed by atoms with Crippen LogP contribution in [0.2, 0.25) is 0 Å². The van der Waals surface area contributed by atoms with Gasteiger partial charge >= 0.3 is 0 Å². The molecule has 0 unspecified atom stereocenters. The molecule has 0 saturated heterocycles. The van der Waals surface area contributed by atoms with Gasteiger partial charge in [0.15, 0.2) is 0 Å². The van der Waals surface area contributed by atoms with Gasteiger partial charge in [0.25, 0.3) is 0 Å². The van der Waals surface area contributed by atoms with Crippen LogP contribution >= 0.6 is 0 Å². The normalized spacial score (nSPS) is 54.6. The number of Topliss-reactive ketones (excluding diaryl/α,β-unsaturated/α-hetero) is 2. The first kappa shape index (κ1) is 14.9. The first-order valence-electron chi connectivity index (χ1n) is 9.09. The van der Waals surface area contributed by atoms with E-state index in [1.807, 2.05) is 0 Å². The lowest BCUT2D eigenvalue weighted by Crippen LogP contribution is -2.57. The Morgan fingerprint density at radius 2 is 1.68 bits per heavy atom. The van der Waals surface area contributed by atoms with E-state index in [2.05, 4.69) is 13.8 Å². The van der Waals surface area contributed by atoms with Crippen molar-refractivity contribution >= 4 is 11.6 Å². The lowest BCUT2D eigenvalue weighted by Gasteiger charge is -2.59. The number of rotatable bonds is 0. The van der Waals surface area contributed by atoms with Crippen LogP contribution < -0.4 is 0 Å². The smallest absolute Gasteiger partial charge is 0.137 e. The van der Waals surface area contributed by atoms with Crippen molar-refractivity contribution in [1.29, 1.82) is 0 Å². The third-order valence-corrected chi connectivity index (χ3v) is 8.23. The average molecular weight is 304 g/mol. The third kappa shape index (κ3) is 1.78. The molecule has 0 radical (unpaired) electrons. The van der Waals surface area contributed by atoms with Crippen molar-refractivity contribution in [1.82, 2.24) is 0 Å². The molecule has 0 aromatic carbocycles. The summed E-state index contributed by atoms with van der Waals surface area (Å²) in [6, 6.07) is 0. The predicted octanol–water partition coefficient (Wildman–Crippen LogP) is 3.14. The van der Waals surface area contributed by atoms with Gasteiger partial charge in [0.1, 0.15) is 11.6 Å². The van der Waals surface area contributed by atoms with Crippen LogP contribution in [0.15, 0.2) is 0 Å². The molecule has 0 aromatic heterocycles. The highest BCUT2D eigenvalue weighted by Crippen LogP contribution is 2.65. The summed E-state index contributed by atoms with van der Waals surface area (Å²) in [4.78, 5) is 24.7. The fraction of sp³-hybridized carbons (Fsp3) is 0.895. The summed E-state index contributed by atoms with van der Waals surface area (Å²) in [5.41, 5.74) is 0.0535. The molecular weight excluding hydrogens is 276 g/mol. The number of ketones is 2. The molecular formula is C19H28O3. The van der Waals surface area contributed by atoms with Crippen molar-refractivity contribution in [3.8, 4) is 0 Å². The molecule has 4 rings (SSSR count). The number of fused-ring (bicyclic) bond motifs is 5. The molecule has 4 saturated carbocycles. The monoisotopic (exact) mass is 304 g/mol. The van der Waals surface area contributed by atoms with Crippen LogP contribution in [-0.4, -0.2) is 22.8 Å². The molecule has 0 aliphatic heterocycles. The van der Waals surface area contributed by atoms with Crippen molar-refractivity contribution in [2.45, 2.75) is 71.3 Å². The zero-order valence-electron chi connectivity index (χ0n) is 13.8. The van der Waals surface area contributed by atoms with Crippen LogP contribution in [0.25, 0.3) is 0 Å². The van der Waals surface area contributed by atoms with E-state index in [4.69, 9.17) is 0 Å². The summed E-state index contributed by atoms with van der Waals surface area (Å²) in [6.45, 7) is 4.53. The van der Waals surface area contributed by atoms with Crippen molar-refractivity contribution in [2.24, 2.45) is 34.5 Å². The maximum absolute atomic E-state index is 12.8. The van der Waals surface area contributed by atoms with Gasteiger partial charge in [-0.05, 0) is 60.7 Å². The predicted molar refractivity (Wildman–Crippen MR) is 83.1 cm³/mol. The van der Waals surface area contributed by atoms with E-state index in [-0.39, 0.29) is 28.6 Å². The van der Waals surface area contributed by atoms with Gasteiger partial charge in [0.05, 0.1) is 6.10 Å². The summed E-state index contributed by atoms with van der Waals surface area (Å²) in [5.74, 6) is 2.12. The highest BCUT2D eigenvalue weighted by molar-refractivity contribution is 5.90. The Bertz CT molecular complexity index is 527. The molecule has 0 heterocycles. The number of carbonyl (C=O) groups is 2. The van der Waals surface area contributed by atoms with Gasteiger partial charge in [0.2, 0.25) is 0 Å². The van der Waals surface area contributed by atoms with Crippen LogP contribution in [-0.2, 0) is 9.59 Å². The minimum atomic E-state index is -0.188. The lowest BCUT2D eigenvalue weighted by atomic mass is 9.45. The molecule has 4 aliphatic carbocycles. The van der Waals surface area contributed by atoms with Crippen LogP contribution in [0, 0.1) is 34.5 Å². The Morgan fingerprint density at radius 3 is 2.45 bits per heavy atom. The highest BCUT2D eigenvalue weighted by atomic mass is 16.3. The minimum absolute atomic E-state index is 0.0225. The Morgan fingerprint density at radius 1 is 0.955 bits per heavy atom. The Balaban J connectivity index is 1.69. The number of aliphatic hydroxyl groups excluding tert-OH is 1. The van der Waals surface area contributed by atoms with E-state index in [0.29, 0.717) is 42.8 Å². The van der Waals surface area contributed by atoms with Gasteiger partial charge < -0.3 is 5.11 Å². The molecule has 0 bridgehead atoms. The number of hydrogen-bond acceptors (Lipinski definition) is 3. The first-order valence-corrected chi connectivity index (χ1v) is 9.09. The van der Waals surface area contributed by atoms with Gasteiger partial charge in [-0.2, -0.15) is 0 Å². The summed E-state index contributed by atoms with van der Waals surface area (Å²) >= 11 is 0. The van der Waals surface area contributed by atoms with E-state index in [9.17, 15) is 14.7 Å². The van der Waals surface area contributed by atoms with E-state index < -0.39 is 0 Å². The molecule has 4 fully saturated rings. The van der Waals surface area contributed by atoms with Crippen molar-refractivity contribution in [2.75, 3.05) is 0 Å². The lowest BCUT2D eigenvalue weighted by molar-refractivity contribution is -0.160. The van der Waals surface area contributed by atoms with E-state index in [1.54, 1.807) is 0 Å². The fourth-order valence-electron chi connectivity index (χ4n) is 6.81. The average Bonchev–Trinajstić information content (AvgIpc) is 2.77. The Labute approximate surface area is 132 Å². The number of aliphatic hydroxyl groups is 1. The topological polar surface area (TPSA) is 54.4 Å². The number of carbonyl (C=O) groups excluding carboxylic acids is 2. The second-order valence-electron chi connectivity index (χ2n) is 8.99. The van der Waals surface area contributed by atoms with E-state index in [1.165, 1.54) is 0 Å². The molecule has 3 heteroatoms. The molecule has 3 nitrogen and oxygen atoms in total. The molecule has 22 heavy (non-hydrogen) atoms. The zero-order valence-corrected chi connectivity index (χ0v) is 13.8. The molecule has 0 spiro atoms. The second kappa shape index (κ2) is 4.66. The minimum Gasteiger partial charge on any atom is -0.393 e. The summed E-state index contributed by atoms with van der Waals surface area (Å²) in [7, 11) is 0. The van der Waals surface area contributed by atoms with E-state index in [0.717, 1.165) is 32.1 Å². The van der Waals surface area contributed by atoms with Crippen LogP contribution in [0.1, 0.15) is 65.2 Å². The van der Waals surface area contributed by atoms with Crippen LogP contribution in [0.3, 0.4) is 0 Å². The molecule has 7 atom stereocenters. The van der Waals surface area contributed by atoms with Crippen molar-refractivity contribution in [3.63, 3.8) is 0 Å². The van der Waals surface area contributed by atoms with Gasteiger partial charge in [0, 0.05) is 25.2 Å². The van der Waals surface area contributed by atoms with Crippen LogP contribution in [0.4, 0.5) is 0 Å².